The summed E-state index contributed by atoms with van der Waals surface area (Å²) in [4.78, 5) is 15.9. The number of benzene rings is 2. The van der Waals surface area contributed by atoms with Crippen LogP contribution in [0.3, 0.4) is 0 Å². The van der Waals surface area contributed by atoms with Crippen molar-refractivity contribution in [1.29, 1.82) is 0 Å². The maximum atomic E-state index is 13.3. The van der Waals surface area contributed by atoms with E-state index in [1.54, 1.807) is 49.4 Å². The molecule has 3 rings (SSSR count). The Hall–Kier alpha value is -3.55. The molecular formula is C21H16F3N2O3. The van der Waals surface area contributed by atoms with Crippen molar-refractivity contribution in [3.05, 3.63) is 77.5 Å². The Morgan fingerprint density at radius 1 is 1.10 bits per heavy atom. The number of hydrogen-bond donors (Lipinski definition) is 1. The van der Waals surface area contributed by atoms with Gasteiger partial charge < -0.3 is 10.1 Å². The number of aryl methyl sites for hydroxylation is 1. The predicted octanol–water partition coefficient (Wildman–Crippen LogP) is 5.51. The van der Waals surface area contributed by atoms with Gasteiger partial charge in [-0.15, -0.1) is 0 Å². The summed E-state index contributed by atoms with van der Waals surface area (Å²) in [6.07, 6.45) is -4.13. The van der Waals surface area contributed by atoms with Crippen LogP contribution in [0.25, 0.3) is 11.1 Å². The van der Waals surface area contributed by atoms with E-state index in [0.717, 1.165) is 12.1 Å². The molecule has 1 heterocycles. The van der Waals surface area contributed by atoms with E-state index in [0.29, 0.717) is 11.1 Å². The number of nitrogens with zero attached hydrogens (tertiary/aromatic N) is 1. The van der Waals surface area contributed by atoms with Crippen molar-refractivity contribution in [2.24, 2.45) is 0 Å². The normalized spacial score (nSPS) is 11.2. The van der Waals surface area contributed by atoms with Gasteiger partial charge in [0.2, 0.25) is 5.88 Å². The minimum Gasteiger partial charge on any atom is -0.391 e. The quantitative estimate of drug-likeness (QED) is 0.627. The van der Waals surface area contributed by atoms with E-state index in [2.05, 4.69) is 10.3 Å². The average molecular weight is 401 g/mol. The molecule has 0 atom stereocenters. The summed E-state index contributed by atoms with van der Waals surface area (Å²) in [5, 5.41) is 15.0. The van der Waals surface area contributed by atoms with E-state index in [4.69, 9.17) is 4.74 Å². The van der Waals surface area contributed by atoms with Gasteiger partial charge in [-0.1, -0.05) is 36.4 Å². The third-order valence-electron chi connectivity index (χ3n) is 4.15. The number of rotatable bonds is 4. The smallest absolute Gasteiger partial charge is 0.391 e. The van der Waals surface area contributed by atoms with E-state index < -0.39 is 30.1 Å². The number of ether oxygens (including phenoxy) is 1. The Kier molecular flexibility index (Phi) is 5.72. The van der Waals surface area contributed by atoms with E-state index in [1.165, 1.54) is 6.20 Å². The SMILES string of the molecule is Cc1cccnc1OC(=O)NCc1cc(C(F)(F)F)cc(-c2ccccc2)c1[O]. The van der Waals surface area contributed by atoms with Crippen LogP contribution in [-0.4, -0.2) is 11.1 Å². The Labute approximate surface area is 164 Å². The van der Waals surface area contributed by atoms with Gasteiger partial charge in [-0.05, 0) is 30.7 Å². The number of aromatic nitrogens is 1. The van der Waals surface area contributed by atoms with E-state index >= 15 is 0 Å². The standard InChI is InChI=1S/C21H16F3N2O3/c1-13-6-5-9-25-19(13)29-20(28)26-12-15-10-16(21(22,23)24)11-17(18(15)27)14-7-3-2-4-8-14/h2-11H,12H2,1H3,(H,26,28). The summed E-state index contributed by atoms with van der Waals surface area (Å²) < 4.78 is 44.9. The summed E-state index contributed by atoms with van der Waals surface area (Å²) in [7, 11) is 0. The molecule has 1 amide bonds. The number of alkyl halides is 3. The molecule has 8 heteroatoms. The Morgan fingerprint density at radius 2 is 1.83 bits per heavy atom. The molecule has 1 radical (unpaired) electrons. The number of carbonyl (C=O) groups is 1. The molecule has 0 spiro atoms. The zero-order chi connectivity index (χ0) is 21.0. The second kappa shape index (κ2) is 8.22. The minimum atomic E-state index is -4.64. The first-order valence-electron chi connectivity index (χ1n) is 8.59. The first kappa shape index (κ1) is 20.2. The summed E-state index contributed by atoms with van der Waals surface area (Å²) >= 11 is 0. The van der Waals surface area contributed by atoms with Gasteiger partial charge in [-0.3, -0.25) is 5.11 Å². The van der Waals surface area contributed by atoms with Crippen LogP contribution in [0.15, 0.2) is 60.8 Å². The van der Waals surface area contributed by atoms with Crippen LogP contribution < -0.4 is 10.1 Å². The lowest BCUT2D eigenvalue weighted by molar-refractivity contribution is -0.137. The minimum absolute atomic E-state index is 0.0707. The molecule has 1 N–H and O–H groups in total. The summed E-state index contributed by atoms with van der Waals surface area (Å²) in [6.45, 7) is 1.26. The number of halogens is 3. The first-order chi connectivity index (χ1) is 13.8. The van der Waals surface area contributed by atoms with Crippen LogP contribution in [0.2, 0.25) is 0 Å². The highest BCUT2D eigenvalue weighted by atomic mass is 19.4. The second-order valence-corrected chi connectivity index (χ2v) is 6.24. The number of hydrogen-bond acceptors (Lipinski definition) is 3. The molecule has 2 aromatic carbocycles. The van der Waals surface area contributed by atoms with Gasteiger partial charge in [0.1, 0.15) is 0 Å². The molecule has 0 bridgehead atoms. The van der Waals surface area contributed by atoms with Gasteiger partial charge in [0, 0.05) is 22.9 Å². The van der Waals surface area contributed by atoms with Crippen LogP contribution >= 0.6 is 0 Å². The molecule has 0 saturated carbocycles. The van der Waals surface area contributed by atoms with Gasteiger partial charge in [-0.2, -0.15) is 13.2 Å². The molecule has 0 saturated heterocycles. The molecule has 0 aliphatic carbocycles. The number of carbonyl (C=O) groups excluding carboxylic acids is 1. The summed E-state index contributed by atoms with van der Waals surface area (Å²) in [5.74, 6) is -0.528. The van der Waals surface area contributed by atoms with E-state index in [1.807, 2.05) is 0 Å². The van der Waals surface area contributed by atoms with Gasteiger partial charge in [0.15, 0.2) is 5.75 Å². The first-order valence-corrected chi connectivity index (χ1v) is 8.59. The monoisotopic (exact) mass is 401 g/mol. The molecule has 0 aliphatic rings. The van der Waals surface area contributed by atoms with Gasteiger partial charge in [0.25, 0.3) is 0 Å². The molecule has 0 fully saturated rings. The second-order valence-electron chi connectivity index (χ2n) is 6.24. The van der Waals surface area contributed by atoms with Crippen LogP contribution in [0.4, 0.5) is 18.0 Å². The van der Waals surface area contributed by atoms with Crippen molar-refractivity contribution in [1.82, 2.24) is 10.3 Å². The molecule has 0 aliphatic heterocycles. The number of pyridine rings is 1. The van der Waals surface area contributed by atoms with Gasteiger partial charge in [-0.25, -0.2) is 9.78 Å². The van der Waals surface area contributed by atoms with Gasteiger partial charge in [0.05, 0.1) is 12.1 Å². The number of amides is 1. The topological polar surface area (TPSA) is 71.1 Å². The predicted molar refractivity (Wildman–Crippen MR) is 98.9 cm³/mol. The third kappa shape index (κ3) is 4.84. The Balaban J connectivity index is 1.86. The van der Waals surface area contributed by atoms with Crippen molar-refractivity contribution < 1.29 is 27.8 Å². The highest BCUT2D eigenvalue weighted by Gasteiger charge is 2.33. The summed E-state index contributed by atoms with van der Waals surface area (Å²) in [5.41, 5.74) is -0.296. The fraction of sp³-hybridized carbons (Fsp3) is 0.143. The van der Waals surface area contributed by atoms with Crippen LogP contribution in [0.1, 0.15) is 16.7 Å². The zero-order valence-corrected chi connectivity index (χ0v) is 15.3. The maximum Gasteiger partial charge on any atom is 0.416 e. The van der Waals surface area contributed by atoms with Crippen LogP contribution in [0, 0.1) is 6.92 Å². The largest absolute Gasteiger partial charge is 0.416 e. The molecular weight excluding hydrogens is 385 g/mol. The van der Waals surface area contributed by atoms with E-state index in [-0.39, 0.29) is 17.0 Å². The lowest BCUT2D eigenvalue weighted by Crippen LogP contribution is -2.27. The molecule has 0 unspecified atom stereocenters. The maximum absolute atomic E-state index is 13.3. The van der Waals surface area contributed by atoms with E-state index in [9.17, 15) is 23.1 Å². The summed E-state index contributed by atoms with van der Waals surface area (Å²) in [6, 6.07) is 12.9. The molecule has 5 nitrogen and oxygen atoms in total. The highest BCUT2D eigenvalue weighted by molar-refractivity contribution is 5.74. The molecule has 149 valence electrons. The highest BCUT2D eigenvalue weighted by Crippen LogP contribution is 2.39. The van der Waals surface area contributed by atoms with Crippen molar-refractivity contribution in [2.45, 2.75) is 19.6 Å². The average Bonchev–Trinajstić information content (AvgIpc) is 2.69. The van der Waals surface area contributed by atoms with Crippen molar-refractivity contribution in [3.8, 4) is 22.8 Å². The zero-order valence-electron chi connectivity index (χ0n) is 15.3. The number of nitrogens with one attached hydrogen (secondary N) is 1. The Bertz CT molecular complexity index is 1020. The fourth-order valence-electron chi connectivity index (χ4n) is 2.69. The Morgan fingerprint density at radius 3 is 2.48 bits per heavy atom. The lowest BCUT2D eigenvalue weighted by atomic mass is 9.98. The molecule has 29 heavy (non-hydrogen) atoms. The molecule has 3 aromatic rings. The van der Waals surface area contributed by atoms with Crippen LogP contribution in [-0.2, 0) is 17.8 Å². The van der Waals surface area contributed by atoms with Crippen molar-refractivity contribution in [3.63, 3.8) is 0 Å². The molecule has 1 aromatic heterocycles. The lowest BCUT2D eigenvalue weighted by Gasteiger charge is -2.14. The van der Waals surface area contributed by atoms with Crippen molar-refractivity contribution >= 4 is 6.09 Å². The van der Waals surface area contributed by atoms with Gasteiger partial charge >= 0.3 is 12.3 Å². The van der Waals surface area contributed by atoms with Crippen molar-refractivity contribution in [2.75, 3.05) is 0 Å². The van der Waals surface area contributed by atoms with Crippen LogP contribution in [0.5, 0.6) is 11.6 Å². The fourth-order valence-corrected chi connectivity index (χ4v) is 2.69. The third-order valence-corrected chi connectivity index (χ3v) is 4.15.